The Labute approximate surface area is 191 Å². The fraction of sp³-hybridized carbons (Fsp3) is 0.316. The predicted molar refractivity (Wildman–Crippen MR) is 123 cm³/mol. The number of carboxylic acids is 4. The number of aliphatic carboxylic acids is 4. The molecule has 0 aromatic heterocycles. The van der Waals surface area contributed by atoms with Crippen LogP contribution in [0.1, 0.15) is 39.3 Å². The third-order valence-corrected chi connectivity index (χ3v) is 2.01. The molecule has 1 atom stereocenters. The molecule has 1 aliphatic rings. The van der Waals surface area contributed by atoms with Crippen molar-refractivity contribution in [2.24, 2.45) is 16.5 Å². The molecule has 9 N–H and O–H groups in total. The van der Waals surface area contributed by atoms with Crippen LogP contribution < -0.4 is 16.8 Å². The largest absolute Gasteiger partial charge is 0.481 e. The Hall–Kier alpha value is -3.64. The molecular formula is C19H30N4O8S. The van der Waals surface area contributed by atoms with Gasteiger partial charge in [0.1, 0.15) is 0 Å². The zero-order valence-electron chi connectivity index (χ0n) is 18.2. The minimum Gasteiger partial charge on any atom is -0.481 e. The quantitative estimate of drug-likeness (QED) is 0.245. The van der Waals surface area contributed by atoms with Gasteiger partial charge in [-0.1, -0.05) is 12.1 Å². The Morgan fingerprint density at radius 3 is 1.38 bits per heavy atom. The van der Waals surface area contributed by atoms with Crippen molar-refractivity contribution in [2.75, 3.05) is 6.54 Å². The van der Waals surface area contributed by atoms with E-state index < -0.39 is 23.9 Å². The highest BCUT2D eigenvalue weighted by molar-refractivity contribution is 7.78. The summed E-state index contributed by atoms with van der Waals surface area (Å²) in [4.78, 5) is 39.8. The Balaban J connectivity index is -0.000000170. The molecule has 1 aliphatic heterocycles. The molecule has 1 aromatic rings. The van der Waals surface area contributed by atoms with E-state index in [1.54, 1.807) is 0 Å². The summed E-state index contributed by atoms with van der Waals surface area (Å²) in [6.45, 7) is 4.77. The van der Waals surface area contributed by atoms with Crippen LogP contribution in [0.3, 0.4) is 0 Å². The number of rotatable bonds is 3. The smallest absolute Gasteiger partial charge is 0.300 e. The van der Waals surface area contributed by atoms with Gasteiger partial charge in [0.2, 0.25) is 0 Å². The summed E-state index contributed by atoms with van der Waals surface area (Å²) < 4.78 is 0. The van der Waals surface area contributed by atoms with Crippen LogP contribution in [0.5, 0.6) is 0 Å². The van der Waals surface area contributed by atoms with Crippen molar-refractivity contribution in [1.82, 2.24) is 5.32 Å². The lowest BCUT2D eigenvalue weighted by molar-refractivity contribution is -0.135. The molecular weight excluding hydrogens is 444 g/mol. The second-order valence-electron chi connectivity index (χ2n) is 5.21. The molecule has 32 heavy (non-hydrogen) atoms. The van der Waals surface area contributed by atoms with Gasteiger partial charge in [-0.05, 0) is 29.9 Å². The number of isothiocyanates is 1. The van der Waals surface area contributed by atoms with Crippen molar-refractivity contribution in [2.45, 2.75) is 33.7 Å². The number of hydrogen-bond acceptors (Lipinski definition) is 9. The minimum absolute atomic E-state index is 0.106. The summed E-state index contributed by atoms with van der Waals surface area (Å²) in [5.41, 5.74) is 12.9. The van der Waals surface area contributed by atoms with Crippen LogP contribution >= 0.6 is 12.2 Å². The predicted octanol–water partition coefficient (Wildman–Crippen LogP) is 1.80. The summed E-state index contributed by atoms with van der Waals surface area (Å²) in [5, 5.41) is 34.7. The van der Waals surface area contributed by atoms with Crippen LogP contribution in [-0.2, 0) is 19.2 Å². The Bertz CT molecular complexity index is 680. The zero-order chi connectivity index (χ0) is 26.1. The highest BCUT2D eigenvalue weighted by Crippen LogP contribution is 2.15. The summed E-state index contributed by atoms with van der Waals surface area (Å²) in [7, 11) is 0. The number of hydrogen-bond donors (Lipinski definition) is 7. The van der Waals surface area contributed by atoms with E-state index in [-0.39, 0.29) is 6.04 Å². The fourth-order valence-electron chi connectivity index (χ4n) is 0.985. The molecule has 0 amide bonds. The van der Waals surface area contributed by atoms with E-state index in [9.17, 15) is 0 Å². The normalized spacial score (nSPS) is 9.44. The lowest BCUT2D eigenvalue weighted by Crippen LogP contribution is -2.20. The number of aliphatic imine (C=N–C) groups is 1. The summed E-state index contributed by atoms with van der Waals surface area (Å²) in [6, 6.07) is 7.35. The van der Waals surface area contributed by atoms with Crippen LogP contribution in [0.15, 0.2) is 41.7 Å². The first kappa shape index (κ1) is 35.8. The molecule has 0 spiro atoms. The van der Waals surface area contributed by atoms with Crippen LogP contribution in [0.2, 0.25) is 0 Å². The Morgan fingerprint density at radius 1 is 0.906 bits per heavy atom. The molecule has 2 rings (SSSR count). The van der Waals surface area contributed by atoms with E-state index in [1.165, 1.54) is 0 Å². The second-order valence-corrected chi connectivity index (χ2v) is 5.40. The molecule has 0 bridgehead atoms. The third-order valence-electron chi connectivity index (χ3n) is 1.92. The lowest BCUT2D eigenvalue weighted by atomic mass is 10.1. The number of nitrogens with two attached hydrogens (primary N) is 2. The summed E-state index contributed by atoms with van der Waals surface area (Å²) >= 11 is 4.48. The van der Waals surface area contributed by atoms with Crippen molar-refractivity contribution in [3.8, 4) is 0 Å². The van der Waals surface area contributed by atoms with Crippen LogP contribution in [0, 0.1) is 0 Å². The second kappa shape index (κ2) is 25.4. The Kier molecular flexibility index (Phi) is 28.4. The van der Waals surface area contributed by atoms with Gasteiger partial charge in [-0.3, -0.25) is 19.2 Å². The van der Waals surface area contributed by atoms with Crippen molar-refractivity contribution in [3.05, 3.63) is 42.2 Å². The van der Waals surface area contributed by atoms with Gasteiger partial charge < -0.3 is 37.2 Å². The zero-order valence-corrected chi connectivity index (χ0v) is 19.0. The van der Waals surface area contributed by atoms with E-state index in [1.807, 2.05) is 36.7 Å². The number of nitrogens with zero attached hydrogens (tertiary/aromatic N) is 1. The minimum atomic E-state index is -0.833. The maximum absolute atomic E-state index is 9.00. The molecule has 0 aliphatic carbocycles. The topological polar surface area (TPSA) is 236 Å². The number of benzene rings is 1. The van der Waals surface area contributed by atoms with E-state index in [0.717, 1.165) is 38.9 Å². The van der Waals surface area contributed by atoms with Crippen molar-refractivity contribution >= 4 is 46.9 Å². The van der Waals surface area contributed by atoms with E-state index in [4.69, 9.17) is 51.1 Å². The van der Waals surface area contributed by atoms with Crippen molar-refractivity contribution < 1.29 is 39.6 Å². The molecule has 0 saturated carbocycles. The van der Waals surface area contributed by atoms with Crippen molar-refractivity contribution in [1.29, 1.82) is 0 Å². The molecule has 13 heteroatoms. The third kappa shape index (κ3) is 63.3. The average molecular weight is 475 g/mol. The lowest BCUT2D eigenvalue weighted by Gasteiger charge is -2.07. The van der Waals surface area contributed by atoms with Gasteiger partial charge in [0.25, 0.3) is 23.9 Å². The number of carbonyl (C=O) groups is 4. The van der Waals surface area contributed by atoms with Gasteiger partial charge in [0.05, 0.1) is 10.8 Å². The molecule has 0 radical (unpaired) electrons. The van der Waals surface area contributed by atoms with Gasteiger partial charge in [-0.2, -0.15) is 4.99 Å². The number of thiocarbonyl (C=S) groups is 1. The van der Waals surface area contributed by atoms with Crippen molar-refractivity contribution in [3.63, 3.8) is 0 Å². The molecule has 0 saturated heterocycles. The first-order chi connectivity index (χ1) is 14.7. The molecule has 12 nitrogen and oxygen atoms in total. The molecule has 1 heterocycles. The highest BCUT2D eigenvalue weighted by atomic mass is 32.1. The summed E-state index contributed by atoms with van der Waals surface area (Å²) in [6.07, 6.45) is 3.75. The first-order valence-electron chi connectivity index (χ1n) is 8.53. The fourth-order valence-corrected chi connectivity index (χ4v) is 1.09. The molecule has 0 fully saturated rings. The van der Waals surface area contributed by atoms with Gasteiger partial charge >= 0.3 is 0 Å². The standard InChI is InChI=1S/C9H11N3S.C2H3N.4C2H4O2/c10-5-9(11)7-1-3-8(4-2-7)12-6-13;1-2-3-1;4*1-2(3)4/h1-4,9H,5,10-11H2;1-3H;4*1H3,(H,3,4). The number of nitrogens with one attached hydrogen (secondary N) is 1. The Morgan fingerprint density at radius 2 is 1.19 bits per heavy atom. The molecule has 1 aromatic carbocycles. The van der Waals surface area contributed by atoms with Gasteiger partial charge in [0, 0.05) is 52.7 Å². The van der Waals surface area contributed by atoms with E-state index in [2.05, 4.69) is 27.7 Å². The van der Waals surface area contributed by atoms with Gasteiger partial charge in [0.15, 0.2) is 0 Å². The average Bonchev–Trinajstić information content (AvgIpc) is 3.49. The van der Waals surface area contributed by atoms with Gasteiger partial charge in [-0.15, -0.1) is 0 Å². The summed E-state index contributed by atoms with van der Waals surface area (Å²) in [5.74, 6) is -3.33. The van der Waals surface area contributed by atoms with Gasteiger partial charge in [-0.25, -0.2) is 0 Å². The van der Waals surface area contributed by atoms with Crippen LogP contribution in [0.4, 0.5) is 5.69 Å². The maximum atomic E-state index is 9.00. The SMILES string of the molecule is C1=CN1.CC(=O)O.CC(=O)O.CC(=O)O.CC(=O)O.NCC(N)c1ccc(N=C=S)cc1. The monoisotopic (exact) mass is 474 g/mol. The molecule has 1 unspecified atom stereocenters. The van der Waals surface area contributed by atoms with Crippen LogP contribution in [-0.4, -0.2) is 56.0 Å². The highest BCUT2D eigenvalue weighted by Gasteiger charge is 2.01. The first-order valence-corrected chi connectivity index (χ1v) is 8.94. The van der Waals surface area contributed by atoms with E-state index in [0.29, 0.717) is 6.54 Å². The maximum Gasteiger partial charge on any atom is 0.300 e. The number of carboxylic acid groups (broad SMARTS) is 4. The van der Waals surface area contributed by atoms with Crippen LogP contribution in [0.25, 0.3) is 0 Å². The molecule has 180 valence electrons. The van der Waals surface area contributed by atoms with E-state index >= 15 is 0 Å².